The van der Waals surface area contributed by atoms with Crippen LogP contribution in [0.25, 0.3) is 0 Å². The van der Waals surface area contributed by atoms with E-state index in [1.807, 2.05) is 10.9 Å². The summed E-state index contributed by atoms with van der Waals surface area (Å²) in [6, 6.07) is 0.272. The molecule has 180 valence electrons. The largest absolute Gasteiger partial charge is 0.377 e. The van der Waals surface area contributed by atoms with Crippen LogP contribution in [0.5, 0.6) is 0 Å². The van der Waals surface area contributed by atoms with Gasteiger partial charge in [0.2, 0.25) is 0 Å². The van der Waals surface area contributed by atoms with E-state index in [9.17, 15) is 0 Å². The number of hydrogen-bond donors (Lipinski definition) is 2. The number of aromatic nitrogens is 6. The van der Waals surface area contributed by atoms with Crippen LogP contribution in [0.4, 0.5) is 0 Å². The Morgan fingerprint density at radius 1 is 1.34 bits per heavy atom. The molecule has 0 fully saturated rings. The van der Waals surface area contributed by atoms with Crippen LogP contribution in [-0.4, -0.2) is 68.5 Å². The van der Waals surface area contributed by atoms with Gasteiger partial charge in [0.15, 0.2) is 16.9 Å². The van der Waals surface area contributed by atoms with Gasteiger partial charge in [-0.3, -0.25) is 4.99 Å². The molecule has 1 unspecified atom stereocenters. The van der Waals surface area contributed by atoms with Crippen molar-refractivity contribution >= 4 is 41.7 Å². The number of aryl methyl sites for hydroxylation is 2. The van der Waals surface area contributed by atoms with Crippen LogP contribution in [0.3, 0.4) is 0 Å². The zero-order valence-electron chi connectivity index (χ0n) is 19.7. The lowest BCUT2D eigenvalue weighted by molar-refractivity contribution is 0.177. The highest BCUT2D eigenvalue weighted by Crippen LogP contribution is 2.17. The lowest BCUT2D eigenvalue weighted by Gasteiger charge is -2.25. The minimum absolute atomic E-state index is 0. The predicted molar refractivity (Wildman–Crippen MR) is 138 cm³/mol. The summed E-state index contributed by atoms with van der Waals surface area (Å²) >= 11 is 1.65. The summed E-state index contributed by atoms with van der Waals surface area (Å²) in [6.45, 7) is 7.44. The highest BCUT2D eigenvalue weighted by atomic mass is 127. The lowest BCUT2D eigenvalue weighted by Crippen LogP contribution is -2.47. The van der Waals surface area contributed by atoms with E-state index in [0.29, 0.717) is 12.5 Å². The van der Waals surface area contributed by atoms with Gasteiger partial charge in [0, 0.05) is 46.1 Å². The minimum atomic E-state index is 0. The van der Waals surface area contributed by atoms with Crippen molar-refractivity contribution in [3.63, 3.8) is 0 Å². The Balaban J connectivity index is 0.00000363. The lowest BCUT2D eigenvalue weighted by atomic mass is 10.1. The fourth-order valence-corrected chi connectivity index (χ4v) is 4.24. The van der Waals surface area contributed by atoms with Crippen LogP contribution in [-0.2, 0) is 37.3 Å². The van der Waals surface area contributed by atoms with Gasteiger partial charge in [-0.1, -0.05) is 25.6 Å². The topological polar surface area (TPSA) is 107 Å². The number of nitrogens with zero attached hydrogens (tertiary/aromatic N) is 7. The normalized spacial score (nSPS) is 16.1. The zero-order chi connectivity index (χ0) is 22.2. The fourth-order valence-electron chi connectivity index (χ4n) is 3.71. The Bertz CT molecular complexity index is 867. The Morgan fingerprint density at radius 3 is 2.84 bits per heavy atom. The molecule has 3 heterocycles. The molecule has 0 amide bonds. The van der Waals surface area contributed by atoms with Crippen LogP contribution >= 0.6 is 35.7 Å². The smallest absolute Gasteiger partial charge is 0.191 e. The number of fused-ring (bicyclic) bond motifs is 1. The first-order valence-corrected chi connectivity index (χ1v) is 12.1. The molecule has 0 aromatic carbocycles. The van der Waals surface area contributed by atoms with E-state index in [1.54, 1.807) is 25.9 Å². The van der Waals surface area contributed by atoms with Gasteiger partial charge in [-0.15, -0.1) is 34.2 Å². The molecule has 0 spiro atoms. The Kier molecular flexibility index (Phi) is 11.2. The molecule has 2 aromatic rings. The van der Waals surface area contributed by atoms with E-state index in [1.165, 1.54) is 0 Å². The van der Waals surface area contributed by atoms with Crippen molar-refractivity contribution in [3.05, 3.63) is 17.5 Å². The molecule has 0 radical (unpaired) electrons. The van der Waals surface area contributed by atoms with E-state index in [-0.39, 0.29) is 30.0 Å². The molecular formula is C20H36IN9OS. The molecule has 1 atom stereocenters. The standard InChI is InChI=1S/C20H35N9OS.HI/c1-14(2)11-28-18(25-26-20(28)31-5)7-6-10-22-19(21-3)23-15-8-9-17-24-16(13-30-4)27-29(17)12-15;/h14-15H,6-13H2,1-5H3,(H2,21,22,23);1H. The maximum atomic E-state index is 5.14. The minimum Gasteiger partial charge on any atom is -0.377 e. The van der Waals surface area contributed by atoms with E-state index in [4.69, 9.17) is 4.74 Å². The van der Waals surface area contributed by atoms with Crippen LogP contribution in [0.15, 0.2) is 10.1 Å². The van der Waals surface area contributed by atoms with Crippen molar-refractivity contribution in [1.29, 1.82) is 0 Å². The van der Waals surface area contributed by atoms with E-state index in [2.05, 4.69) is 54.3 Å². The van der Waals surface area contributed by atoms with Gasteiger partial charge in [0.25, 0.3) is 0 Å². The van der Waals surface area contributed by atoms with Gasteiger partial charge < -0.3 is 19.9 Å². The van der Waals surface area contributed by atoms with Crippen LogP contribution in [0.1, 0.15) is 44.2 Å². The van der Waals surface area contributed by atoms with Crippen molar-refractivity contribution in [2.45, 2.75) is 70.4 Å². The third-order valence-electron chi connectivity index (χ3n) is 5.13. The van der Waals surface area contributed by atoms with E-state index < -0.39 is 0 Å². The summed E-state index contributed by atoms with van der Waals surface area (Å²) < 4.78 is 9.37. The number of thioether (sulfide) groups is 1. The number of methoxy groups -OCH3 is 1. The van der Waals surface area contributed by atoms with Crippen LogP contribution in [0.2, 0.25) is 0 Å². The van der Waals surface area contributed by atoms with Gasteiger partial charge in [-0.25, -0.2) is 9.67 Å². The predicted octanol–water partition coefficient (Wildman–Crippen LogP) is 2.12. The fraction of sp³-hybridized carbons (Fsp3) is 0.750. The second-order valence-electron chi connectivity index (χ2n) is 8.15. The molecule has 3 rings (SSSR count). The first-order valence-electron chi connectivity index (χ1n) is 10.9. The molecule has 0 saturated heterocycles. The van der Waals surface area contributed by atoms with Gasteiger partial charge >= 0.3 is 0 Å². The molecule has 12 heteroatoms. The third kappa shape index (κ3) is 7.30. The summed E-state index contributed by atoms with van der Waals surface area (Å²) in [7, 11) is 3.47. The van der Waals surface area contributed by atoms with Gasteiger partial charge in [-0.2, -0.15) is 5.10 Å². The second-order valence-corrected chi connectivity index (χ2v) is 8.92. The van der Waals surface area contributed by atoms with Crippen molar-refractivity contribution in [2.75, 3.05) is 27.0 Å². The molecule has 0 aliphatic carbocycles. The number of rotatable bonds is 10. The molecule has 2 aromatic heterocycles. The number of ether oxygens (including phenoxy) is 1. The number of aliphatic imine (C=N–C) groups is 1. The second kappa shape index (κ2) is 13.3. The number of guanidine groups is 1. The van der Waals surface area contributed by atoms with Gasteiger partial charge in [-0.05, 0) is 25.0 Å². The highest BCUT2D eigenvalue weighted by molar-refractivity contribution is 14.0. The SMILES string of the molecule is CN=C(NCCCc1nnc(SC)n1CC(C)C)NC1CCc2nc(COC)nn2C1.I. The van der Waals surface area contributed by atoms with Crippen molar-refractivity contribution in [3.8, 4) is 0 Å². The number of hydrogen-bond acceptors (Lipinski definition) is 7. The average Bonchev–Trinajstić information content (AvgIpc) is 3.32. The maximum absolute atomic E-state index is 5.14. The van der Waals surface area contributed by atoms with E-state index in [0.717, 1.165) is 73.9 Å². The maximum Gasteiger partial charge on any atom is 0.191 e. The monoisotopic (exact) mass is 577 g/mol. The summed E-state index contributed by atoms with van der Waals surface area (Å²) in [5, 5.41) is 21.2. The zero-order valence-corrected chi connectivity index (χ0v) is 22.8. The highest BCUT2D eigenvalue weighted by Gasteiger charge is 2.22. The summed E-state index contributed by atoms with van der Waals surface area (Å²) in [6.07, 6.45) is 5.80. The van der Waals surface area contributed by atoms with Crippen molar-refractivity contribution < 1.29 is 4.74 Å². The number of halogens is 1. The first kappa shape index (κ1) is 26.8. The Morgan fingerprint density at radius 2 is 2.16 bits per heavy atom. The van der Waals surface area contributed by atoms with Gasteiger partial charge in [0.05, 0.1) is 6.54 Å². The van der Waals surface area contributed by atoms with E-state index >= 15 is 0 Å². The summed E-state index contributed by atoms with van der Waals surface area (Å²) in [5.41, 5.74) is 0. The first-order chi connectivity index (χ1) is 15.0. The Hall–Kier alpha value is -1.41. The summed E-state index contributed by atoms with van der Waals surface area (Å²) in [4.78, 5) is 8.92. The molecule has 1 aliphatic rings. The molecule has 10 nitrogen and oxygen atoms in total. The number of nitrogens with one attached hydrogen (secondary N) is 2. The molecule has 1 aliphatic heterocycles. The van der Waals surface area contributed by atoms with Crippen LogP contribution < -0.4 is 10.6 Å². The average molecular weight is 578 g/mol. The van der Waals surface area contributed by atoms with Crippen molar-refractivity contribution in [1.82, 2.24) is 40.2 Å². The van der Waals surface area contributed by atoms with Crippen LogP contribution in [0, 0.1) is 5.92 Å². The molecule has 0 bridgehead atoms. The van der Waals surface area contributed by atoms with Crippen molar-refractivity contribution in [2.24, 2.45) is 10.9 Å². The molecule has 2 N–H and O–H groups in total. The Labute approximate surface area is 211 Å². The quantitative estimate of drug-likeness (QED) is 0.146. The molecule has 0 saturated carbocycles. The third-order valence-corrected chi connectivity index (χ3v) is 5.80. The molecular weight excluding hydrogens is 541 g/mol. The van der Waals surface area contributed by atoms with Gasteiger partial charge in [0.1, 0.15) is 18.3 Å². The summed E-state index contributed by atoms with van der Waals surface area (Å²) in [5.74, 6) is 4.21. The molecule has 32 heavy (non-hydrogen) atoms.